The average Bonchev–Trinajstić information content (AvgIpc) is 3.32. The van der Waals surface area contributed by atoms with Gasteiger partial charge in [0.25, 0.3) is 0 Å². The van der Waals surface area contributed by atoms with Crippen LogP contribution in [-0.2, 0) is 11.3 Å². The summed E-state index contributed by atoms with van der Waals surface area (Å²) < 4.78 is 19.9. The first-order chi connectivity index (χ1) is 11.7. The van der Waals surface area contributed by atoms with E-state index in [1.54, 1.807) is 26.8 Å². The minimum atomic E-state index is -0.642. The monoisotopic (exact) mass is 349 g/mol. The number of esters is 1. The number of carbonyl (C=O) groups excluding carboxylic acids is 1. The first kappa shape index (κ1) is 18.3. The fourth-order valence-corrected chi connectivity index (χ4v) is 3.35. The third-order valence-corrected chi connectivity index (χ3v) is 4.82. The largest absolute Gasteiger partial charge is 0.456 e. The van der Waals surface area contributed by atoms with Crippen molar-refractivity contribution in [3.05, 3.63) is 34.6 Å². The minimum absolute atomic E-state index is 0.0367. The summed E-state index contributed by atoms with van der Waals surface area (Å²) in [6, 6.07) is 3.22. The number of halogens is 1. The number of hydrogen-bond acceptors (Lipinski definition) is 4. The number of benzene rings is 1. The molecule has 0 spiro atoms. The number of aliphatic hydroxyl groups is 1. The summed E-state index contributed by atoms with van der Waals surface area (Å²) in [6.45, 7) is 7.66. The van der Waals surface area contributed by atoms with Crippen molar-refractivity contribution in [1.82, 2.24) is 4.90 Å². The molecule has 1 N–H and O–H groups in total. The van der Waals surface area contributed by atoms with Crippen molar-refractivity contribution in [3.63, 3.8) is 0 Å². The summed E-state index contributed by atoms with van der Waals surface area (Å²) in [6.07, 6.45) is 3.48. The molecule has 138 valence electrons. The fraction of sp³-hybridized carbons (Fsp3) is 0.650. The molecule has 0 amide bonds. The lowest BCUT2D eigenvalue weighted by atomic mass is 9.98. The molecule has 1 saturated heterocycles. The molecule has 0 unspecified atom stereocenters. The molecule has 1 aromatic carbocycles. The van der Waals surface area contributed by atoms with Gasteiger partial charge in [0.05, 0.1) is 11.7 Å². The van der Waals surface area contributed by atoms with Crippen molar-refractivity contribution >= 4 is 5.97 Å². The molecular weight excluding hydrogens is 321 g/mol. The molecule has 4 nitrogen and oxygen atoms in total. The van der Waals surface area contributed by atoms with Crippen LogP contribution < -0.4 is 0 Å². The van der Waals surface area contributed by atoms with Crippen LogP contribution >= 0.6 is 0 Å². The van der Waals surface area contributed by atoms with Gasteiger partial charge in [0.15, 0.2) is 0 Å². The summed E-state index contributed by atoms with van der Waals surface area (Å²) >= 11 is 0. The predicted molar refractivity (Wildman–Crippen MR) is 94.1 cm³/mol. The van der Waals surface area contributed by atoms with E-state index in [0.29, 0.717) is 12.5 Å². The molecule has 2 fully saturated rings. The Morgan fingerprint density at radius 1 is 1.24 bits per heavy atom. The highest BCUT2D eigenvalue weighted by Gasteiger charge is 2.30. The first-order valence-electron chi connectivity index (χ1n) is 9.19. The van der Waals surface area contributed by atoms with Gasteiger partial charge >= 0.3 is 5.97 Å². The average molecular weight is 349 g/mol. The molecule has 0 radical (unpaired) electrons. The molecule has 0 atom stereocenters. The van der Waals surface area contributed by atoms with Crippen LogP contribution in [0.1, 0.15) is 73.9 Å². The number of piperidine rings is 1. The lowest BCUT2D eigenvalue weighted by Crippen LogP contribution is -2.35. The highest BCUT2D eigenvalue weighted by molar-refractivity contribution is 5.90. The number of ether oxygens (including phenoxy) is 1. The van der Waals surface area contributed by atoms with Crippen LogP contribution in [-0.4, -0.2) is 40.8 Å². The van der Waals surface area contributed by atoms with E-state index in [1.165, 1.54) is 6.07 Å². The third kappa shape index (κ3) is 4.79. The second-order valence-electron chi connectivity index (χ2n) is 8.31. The lowest BCUT2D eigenvalue weighted by molar-refractivity contribution is 0.00644. The van der Waals surface area contributed by atoms with Gasteiger partial charge in [-0.15, -0.1) is 0 Å². The highest BCUT2D eigenvalue weighted by atomic mass is 19.1. The standard InChI is InChI=1S/C20H28FNO3/c1-20(2,3)25-19(24)17-11-16(13-4-5-13)14(10-18(17)21)12-22-8-6-15(23)7-9-22/h10-11,13,15,23H,4-9,12H2,1-3H3. The van der Waals surface area contributed by atoms with Gasteiger partial charge in [-0.3, -0.25) is 4.90 Å². The van der Waals surface area contributed by atoms with Gasteiger partial charge in [-0.05, 0) is 75.6 Å². The van der Waals surface area contributed by atoms with Crippen molar-refractivity contribution in [2.24, 2.45) is 0 Å². The van der Waals surface area contributed by atoms with E-state index in [-0.39, 0.29) is 11.7 Å². The van der Waals surface area contributed by atoms with Gasteiger partial charge in [0.1, 0.15) is 11.4 Å². The lowest BCUT2D eigenvalue weighted by Gasteiger charge is -2.30. The van der Waals surface area contributed by atoms with Gasteiger partial charge in [-0.2, -0.15) is 0 Å². The van der Waals surface area contributed by atoms with Crippen LogP contribution in [0.25, 0.3) is 0 Å². The summed E-state index contributed by atoms with van der Waals surface area (Å²) in [5, 5.41) is 9.64. The van der Waals surface area contributed by atoms with E-state index in [2.05, 4.69) is 4.90 Å². The predicted octanol–water partition coefficient (Wildman–Crippen LogP) is 3.62. The van der Waals surface area contributed by atoms with E-state index < -0.39 is 17.4 Å². The van der Waals surface area contributed by atoms with Crippen LogP contribution in [0.5, 0.6) is 0 Å². The molecular formula is C20H28FNO3. The van der Waals surface area contributed by atoms with E-state index in [4.69, 9.17) is 4.74 Å². The van der Waals surface area contributed by atoms with Gasteiger partial charge in [-0.25, -0.2) is 9.18 Å². The molecule has 1 heterocycles. The van der Waals surface area contributed by atoms with Gasteiger partial charge in [-0.1, -0.05) is 0 Å². The first-order valence-corrected chi connectivity index (χ1v) is 9.19. The van der Waals surface area contributed by atoms with Crippen LogP contribution in [0.2, 0.25) is 0 Å². The molecule has 0 aromatic heterocycles. The normalized spacial score (nSPS) is 19.9. The molecule has 0 bridgehead atoms. The summed E-state index contributed by atoms with van der Waals surface area (Å²) in [4.78, 5) is 14.6. The van der Waals surface area contributed by atoms with Gasteiger partial charge < -0.3 is 9.84 Å². The Kier molecular flexibility index (Phi) is 5.16. The summed E-state index contributed by atoms with van der Waals surface area (Å²) in [7, 11) is 0. The van der Waals surface area contributed by atoms with E-state index in [0.717, 1.165) is 49.9 Å². The van der Waals surface area contributed by atoms with Crippen molar-refractivity contribution in [3.8, 4) is 0 Å². The number of rotatable bonds is 4. The molecule has 3 rings (SSSR count). The van der Waals surface area contributed by atoms with Crippen LogP contribution in [0, 0.1) is 5.82 Å². The van der Waals surface area contributed by atoms with Crippen molar-refractivity contribution in [1.29, 1.82) is 0 Å². The second kappa shape index (κ2) is 7.04. The van der Waals surface area contributed by atoms with E-state index in [9.17, 15) is 14.3 Å². The number of likely N-dealkylation sites (tertiary alicyclic amines) is 1. The zero-order valence-corrected chi connectivity index (χ0v) is 15.3. The Labute approximate surface area is 149 Å². The summed E-state index contributed by atoms with van der Waals surface area (Å²) in [5.74, 6) is -0.683. The van der Waals surface area contributed by atoms with Crippen molar-refractivity contribution in [2.45, 2.75) is 70.6 Å². The molecule has 1 aliphatic heterocycles. The zero-order valence-electron chi connectivity index (χ0n) is 15.3. The number of carbonyl (C=O) groups is 1. The Hall–Kier alpha value is -1.46. The number of hydrogen-bond donors (Lipinski definition) is 1. The Morgan fingerprint density at radius 3 is 2.44 bits per heavy atom. The second-order valence-corrected chi connectivity index (χ2v) is 8.31. The smallest absolute Gasteiger partial charge is 0.341 e. The summed E-state index contributed by atoms with van der Waals surface area (Å²) in [5.41, 5.74) is 1.43. The minimum Gasteiger partial charge on any atom is -0.456 e. The highest BCUT2D eigenvalue weighted by Crippen LogP contribution is 2.43. The number of aliphatic hydroxyl groups excluding tert-OH is 1. The molecule has 2 aliphatic rings. The molecule has 1 saturated carbocycles. The zero-order chi connectivity index (χ0) is 18.2. The SMILES string of the molecule is CC(C)(C)OC(=O)c1cc(C2CC2)c(CN2CCC(O)CC2)cc1F. The quantitative estimate of drug-likeness (QED) is 0.844. The van der Waals surface area contributed by atoms with Crippen LogP contribution in [0.3, 0.4) is 0 Å². The number of nitrogens with zero attached hydrogens (tertiary/aromatic N) is 1. The fourth-order valence-electron chi connectivity index (χ4n) is 3.35. The van der Waals surface area contributed by atoms with E-state index in [1.807, 2.05) is 0 Å². The Morgan fingerprint density at radius 2 is 1.88 bits per heavy atom. The third-order valence-electron chi connectivity index (χ3n) is 4.82. The van der Waals surface area contributed by atoms with E-state index >= 15 is 0 Å². The molecule has 5 heteroatoms. The molecule has 1 aliphatic carbocycles. The Bertz CT molecular complexity index is 641. The molecule has 25 heavy (non-hydrogen) atoms. The Balaban J connectivity index is 1.82. The maximum atomic E-state index is 14.6. The van der Waals surface area contributed by atoms with Gasteiger partial charge in [0.2, 0.25) is 0 Å². The van der Waals surface area contributed by atoms with Crippen LogP contribution in [0.4, 0.5) is 4.39 Å². The maximum Gasteiger partial charge on any atom is 0.341 e. The van der Waals surface area contributed by atoms with Crippen molar-refractivity contribution in [2.75, 3.05) is 13.1 Å². The molecule has 1 aromatic rings. The maximum absolute atomic E-state index is 14.6. The van der Waals surface area contributed by atoms with Gasteiger partial charge in [0, 0.05) is 19.6 Å². The van der Waals surface area contributed by atoms with Crippen molar-refractivity contribution < 1.29 is 19.0 Å². The topological polar surface area (TPSA) is 49.8 Å². The van der Waals surface area contributed by atoms with Crippen LogP contribution in [0.15, 0.2) is 12.1 Å².